The second kappa shape index (κ2) is 8.72. The Morgan fingerprint density at radius 2 is 1.72 bits per heavy atom. The van der Waals surface area contributed by atoms with Gasteiger partial charge in [-0.3, -0.25) is 4.79 Å². The van der Waals surface area contributed by atoms with Crippen LogP contribution in [0.25, 0.3) is 0 Å². The minimum atomic E-state index is 0.0437. The van der Waals surface area contributed by atoms with Gasteiger partial charge in [0, 0.05) is 10.9 Å². The summed E-state index contributed by atoms with van der Waals surface area (Å²) in [5, 5.41) is 1.30. The SMILES string of the molecule is O=C(CBr)c1cc(Br)c(OCCCCBr)c(Br)c1. The molecule has 1 aromatic carbocycles. The zero-order chi connectivity index (χ0) is 13.5. The molecule has 0 bridgehead atoms. The van der Waals surface area contributed by atoms with Gasteiger partial charge in [0.15, 0.2) is 5.78 Å². The van der Waals surface area contributed by atoms with Crippen LogP contribution in [0.4, 0.5) is 0 Å². The van der Waals surface area contributed by atoms with Gasteiger partial charge in [-0.05, 0) is 56.8 Å². The normalized spacial score (nSPS) is 10.4. The van der Waals surface area contributed by atoms with Crippen LogP contribution in [0.15, 0.2) is 21.1 Å². The second-order valence-corrected chi connectivity index (χ2v) is 6.63. The number of hydrogen-bond acceptors (Lipinski definition) is 2. The van der Waals surface area contributed by atoms with Gasteiger partial charge in [-0.25, -0.2) is 0 Å². The second-order valence-electron chi connectivity index (χ2n) is 3.57. The summed E-state index contributed by atoms with van der Waals surface area (Å²) in [6, 6.07) is 3.57. The molecule has 100 valence electrons. The first-order valence-corrected chi connectivity index (χ1v) is 9.20. The molecule has 0 spiro atoms. The molecular formula is C12H12Br4O2. The van der Waals surface area contributed by atoms with Crippen LogP contribution in [0.2, 0.25) is 0 Å². The molecule has 18 heavy (non-hydrogen) atoms. The van der Waals surface area contributed by atoms with E-state index in [4.69, 9.17) is 4.74 Å². The monoisotopic (exact) mass is 504 g/mol. The molecule has 0 aliphatic rings. The number of benzene rings is 1. The molecule has 0 heterocycles. The van der Waals surface area contributed by atoms with Gasteiger partial charge >= 0.3 is 0 Å². The molecule has 0 saturated heterocycles. The lowest BCUT2D eigenvalue weighted by atomic mass is 10.1. The summed E-state index contributed by atoms with van der Waals surface area (Å²) in [6.07, 6.45) is 2.07. The summed E-state index contributed by atoms with van der Waals surface area (Å²) >= 11 is 13.4. The van der Waals surface area contributed by atoms with Crippen LogP contribution in [0, 0.1) is 0 Å². The lowest BCUT2D eigenvalue weighted by Crippen LogP contribution is -2.03. The Bertz CT molecular complexity index is 398. The highest BCUT2D eigenvalue weighted by molar-refractivity contribution is 9.11. The van der Waals surface area contributed by atoms with E-state index in [1.54, 1.807) is 12.1 Å². The number of Topliss-reactive ketones (excluding diaryl/α,β-unsaturated/α-hetero) is 1. The van der Waals surface area contributed by atoms with E-state index in [0.717, 1.165) is 32.9 Å². The van der Waals surface area contributed by atoms with Crippen LogP contribution >= 0.6 is 63.7 Å². The first kappa shape index (κ1) is 16.7. The fraction of sp³-hybridized carbons (Fsp3) is 0.417. The highest BCUT2D eigenvalue weighted by Crippen LogP contribution is 2.35. The van der Waals surface area contributed by atoms with Crippen molar-refractivity contribution in [1.29, 1.82) is 0 Å². The molecule has 0 aliphatic carbocycles. The molecule has 0 atom stereocenters. The third-order valence-electron chi connectivity index (χ3n) is 2.22. The van der Waals surface area contributed by atoms with Crippen LogP contribution in [0.3, 0.4) is 0 Å². The number of ether oxygens (including phenoxy) is 1. The molecule has 1 rings (SSSR count). The van der Waals surface area contributed by atoms with Gasteiger partial charge in [0.05, 0.1) is 20.9 Å². The predicted octanol–water partition coefficient (Wildman–Crippen LogP) is 5.34. The maximum atomic E-state index is 11.6. The molecule has 0 aliphatic heterocycles. The summed E-state index contributed by atoms with van der Waals surface area (Å²) in [5.74, 6) is 0.790. The highest BCUT2D eigenvalue weighted by atomic mass is 79.9. The van der Waals surface area contributed by atoms with Crippen molar-refractivity contribution in [2.75, 3.05) is 17.3 Å². The fourth-order valence-electron chi connectivity index (χ4n) is 1.31. The molecule has 0 saturated carbocycles. The molecule has 0 amide bonds. The number of carbonyl (C=O) groups is 1. The van der Waals surface area contributed by atoms with Crippen molar-refractivity contribution in [1.82, 2.24) is 0 Å². The minimum Gasteiger partial charge on any atom is -0.491 e. The van der Waals surface area contributed by atoms with E-state index in [0.29, 0.717) is 17.5 Å². The Balaban J connectivity index is 2.78. The summed E-state index contributed by atoms with van der Waals surface area (Å²) < 4.78 is 7.28. The number of ketones is 1. The van der Waals surface area contributed by atoms with Crippen LogP contribution in [-0.4, -0.2) is 23.1 Å². The first-order chi connectivity index (χ1) is 8.60. The van der Waals surface area contributed by atoms with Gasteiger partial charge in [0.1, 0.15) is 5.75 Å². The third kappa shape index (κ3) is 4.94. The molecule has 2 nitrogen and oxygen atoms in total. The minimum absolute atomic E-state index is 0.0437. The van der Waals surface area contributed by atoms with Gasteiger partial charge in [0.2, 0.25) is 0 Å². The van der Waals surface area contributed by atoms with Crippen LogP contribution in [0.1, 0.15) is 23.2 Å². The zero-order valence-electron chi connectivity index (χ0n) is 9.52. The summed E-state index contributed by atoms with van der Waals surface area (Å²) in [7, 11) is 0. The molecule has 6 heteroatoms. The topological polar surface area (TPSA) is 26.3 Å². The first-order valence-electron chi connectivity index (χ1n) is 5.37. The van der Waals surface area contributed by atoms with Gasteiger partial charge in [-0.15, -0.1) is 0 Å². The number of carbonyl (C=O) groups excluding carboxylic acids is 1. The van der Waals surface area contributed by atoms with Gasteiger partial charge in [-0.1, -0.05) is 31.9 Å². The molecule has 0 N–H and O–H groups in total. The van der Waals surface area contributed by atoms with Crippen molar-refractivity contribution < 1.29 is 9.53 Å². The van der Waals surface area contributed by atoms with E-state index >= 15 is 0 Å². The zero-order valence-corrected chi connectivity index (χ0v) is 15.9. The predicted molar refractivity (Wildman–Crippen MR) is 88.5 cm³/mol. The quantitative estimate of drug-likeness (QED) is 0.283. The van der Waals surface area contributed by atoms with Crippen molar-refractivity contribution >= 4 is 69.5 Å². The summed E-state index contributed by atoms with van der Waals surface area (Å²) in [6.45, 7) is 0.661. The molecule has 0 fully saturated rings. The average molecular weight is 508 g/mol. The molecule has 0 aromatic heterocycles. The maximum absolute atomic E-state index is 11.6. The maximum Gasteiger partial charge on any atom is 0.173 e. The summed E-state index contributed by atoms with van der Waals surface area (Å²) in [4.78, 5) is 11.6. The van der Waals surface area contributed by atoms with E-state index < -0.39 is 0 Å². The number of alkyl halides is 2. The third-order valence-corrected chi connectivity index (χ3v) is 4.46. The molecule has 0 unspecified atom stereocenters. The Kier molecular flexibility index (Phi) is 8.07. The molecule has 1 aromatic rings. The van der Waals surface area contributed by atoms with Crippen LogP contribution < -0.4 is 4.74 Å². The summed E-state index contributed by atoms with van der Waals surface area (Å²) in [5.41, 5.74) is 0.651. The lowest BCUT2D eigenvalue weighted by Gasteiger charge is -2.11. The van der Waals surface area contributed by atoms with Crippen molar-refractivity contribution in [3.05, 3.63) is 26.6 Å². The van der Waals surface area contributed by atoms with E-state index in [-0.39, 0.29) is 5.78 Å². The Hall–Kier alpha value is 0.610. The van der Waals surface area contributed by atoms with Crippen LogP contribution in [-0.2, 0) is 0 Å². The average Bonchev–Trinajstić information content (AvgIpc) is 2.35. The van der Waals surface area contributed by atoms with E-state index in [2.05, 4.69) is 63.7 Å². The van der Waals surface area contributed by atoms with Gasteiger partial charge < -0.3 is 4.74 Å². The van der Waals surface area contributed by atoms with Crippen molar-refractivity contribution in [2.24, 2.45) is 0 Å². The van der Waals surface area contributed by atoms with Gasteiger partial charge in [0.25, 0.3) is 0 Å². The Labute approximate surface area is 140 Å². The largest absolute Gasteiger partial charge is 0.491 e. The Morgan fingerprint density at radius 1 is 1.11 bits per heavy atom. The van der Waals surface area contributed by atoms with Crippen molar-refractivity contribution in [2.45, 2.75) is 12.8 Å². The fourth-order valence-corrected chi connectivity index (χ4v) is 3.44. The molecule has 0 radical (unpaired) electrons. The van der Waals surface area contributed by atoms with E-state index in [1.807, 2.05) is 0 Å². The van der Waals surface area contributed by atoms with E-state index in [9.17, 15) is 4.79 Å². The van der Waals surface area contributed by atoms with E-state index in [1.165, 1.54) is 0 Å². The van der Waals surface area contributed by atoms with Crippen molar-refractivity contribution in [3.63, 3.8) is 0 Å². The molecular weight excluding hydrogens is 496 g/mol. The van der Waals surface area contributed by atoms with Crippen molar-refractivity contribution in [3.8, 4) is 5.75 Å². The smallest absolute Gasteiger partial charge is 0.173 e. The number of halogens is 4. The highest BCUT2D eigenvalue weighted by Gasteiger charge is 2.12. The number of unbranched alkanes of at least 4 members (excludes halogenated alkanes) is 1. The Morgan fingerprint density at radius 3 is 2.22 bits per heavy atom. The van der Waals surface area contributed by atoms with Crippen LogP contribution in [0.5, 0.6) is 5.75 Å². The van der Waals surface area contributed by atoms with Gasteiger partial charge in [-0.2, -0.15) is 0 Å². The lowest BCUT2D eigenvalue weighted by molar-refractivity contribution is 0.102. The number of hydrogen-bond donors (Lipinski definition) is 0. The standard InChI is InChI=1S/C12H12Br4O2/c13-3-1-2-4-18-12-9(15)5-8(6-10(12)16)11(17)7-14/h5-6H,1-4,7H2. The number of rotatable bonds is 7.